The summed E-state index contributed by atoms with van der Waals surface area (Å²) in [5, 5.41) is 8.55. The van der Waals surface area contributed by atoms with Gasteiger partial charge in [0.25, 0.3) is 0 Å². The van der Waals surface area contributed by atoms with Crippen LogP contribution < -0.4 is 0 Å². The highest BCUT2D eigenvalue weighted by molar-refractivity contribution is 4.39. The molecule has 200 valence electrons. The van der Waals surface area contributed by atoms with Crippen molar-refractivity contribution in [2.45, 2.75) is 26.2 Å². The van der Waals surface area contributed by atoms with E-state index < -0.39 is 0 Å². The zero-order valence-corrected chi connectivity index (χ0v) is 20.7. The number of aliphatic hydroxyl groups is 1. The summed E-state index contributed by atoms with van der Waals surface area (Å²) in [6, 6.07) is 0. The van der Waals surface area contributed by atoms with E-state index in [0.717, 1.165) is 13.0 Å². The minimum atomic E-state index is 0.0323. The van der Waals surface area contributed by atoms with E-state index in [0.29, 0.717) is 112 Å². The third-order valence-electron chi connectivity index (χ3n) is 4.10. The molecule has 0 aromatic carbocycles. The predicted octanol–water partition coefficient (Wildman–Crippen LogP) is 1.32. The van der Waals surface area contributed by atoms with Crippen LogP contribution in [-0.4, -0.2) is 131 Å². The molecule has 10 nitrogen and oxygen atoms in total. The van der Waals surface area contributed by atoms with Gasteiger partial charge in [-0.3, -0.25) is 0 Å². The minimum absolute atomic E-state index is 0.0323. The van der Waals surface area contributed by atoms with Crippen LogP contribution in [0, 0.1) is 0 Å². The molecule has 0 fully saturated rings. The molecule has 0 aliphatic carbocycles. The van der Waals surface area contributed by atoms with Crippen LogP contribution in [0.3, 0.4) is 0 Å². The standard InChI is InChI=1S/C23H48O10/c1-2-3-4-6-25-8-10-27-12-14-29-16-18-31-20-22-33-23-21-32-19-17-30-15-13-28-11-9-26-7-5-24/h24H,2-23H2,1H3. The van der Waals surface area contributed by atoms with Crippen LogP contribution in [0.5, 0.6) is 0 Å². The van der Waals surface area contributed by atoms with Crippen molar-refractivity contribution in [2.75, 3.05) is 126 Å². The van der Waals surface area contributed by atoms with Gasteiger partial charge in [-0.15, -0.1) is 0 Å². The van der Waals surface area contributed by atoms with E-state index in [4.69, 9.17) is 47.7 Å². The molecule has 33 heavy (non-hydrogen) atoms. The first-order valence-corrected chi connectivity index (χ1v) is 12.2. The van der Waals surface area contributed by atoms with Crippen molar-refractivity contribution in [1.82, 2.24) is 0 Å². The summed E-state index contributed by atoms with van der Waals surface area (Å²) in [5.74, 6) is 0. The van der Waals surface area contributed by atoms with Gasteiger partial charge < -0.3 is 47.7 Å². The Morgan fingerprint density at radius 3 is 0.818 bits per heavy atom. The quantitative estimate of drug-likeness (QED) is 0.150. The molecule has 0 bridgehead atoms. The summed E-state index contributed by atoms with van der Waals surface area (Å²) < 4.78 is 48.4. The molecule has 0 unspecified atom stereocenters. The molecule has 0 aromatic rings. The molecule has 1 N–H and O–H groups in total. The van der Waals surface area contributed by atoms with Gasteiger partial charge in [0.1, 0.15) is 0 Å². The van der Waals surface area contributed by atoms with E-state index in [1.54, 1.807) is 0 Å². The van der Waals surface area contributed by atoms with E-state index in [1.165, 1.54) is 12.8 Å². The molecule has 0 aliphatic rings. The number of hydrogen-bond acceptors (Lipinski definition) is 10. The highest BCUT2D eigenvalue weighted by Gasteiger charge is 1.95. The van der Waals surface area contributed by atoms with Crippen LogP contribution >= 0.6 is 0 Å². The lowest BCUT2D eigenvalue weighted by atomic mass is 10.3. The third kappa shape index (κ3) is 31.6. The van der Waals surface area contributed by atoms with Crippen molar-refractivity contribution < 1.29 is 47.7 Å². The molecule has 0 radical (unpaired) electrons. The molecule has 0 saturated carbocycles. The van der Waals surface area contributed by atoms with Gasteiger partial charge in [-0.25, -0.2) is 0 Å². The van der Waals surface area contributed by atoms with Gasteiger partial charge in [0.15, 0.2) is 0 Å². The highest BCUT2D eigenvalue weighted by Crippen LogP contribution is 1.94. The molecule has 0 atom stereocenters. The zero-order chi connectivity index (χ0) is 23.9. The van der Waals surface area contributed by atoms with Gasteiger partial charge in [0, 0.05) is 6.61 Å². The van der Waals surface area contributed by atoms with Crippen LogP contribution in [0.2, 0.25) is 0 Å². The number of aliphatic hydroxyl groups excluding tert-OH is 1. The van der Waals surface area contributed by atoms with Gasteiger partial charge in [-0.1, -0.05) is 19.8 Å². The Balaban J connectivity index is 2.99. The van der Waals surface area contributed by atoms with Crippen molar-refractivity contribution in [2.24, 2.45) is 0 Å². The summed E-state index contributed by atoms with van der Waals surface area (Å²) in [7, 11) is 0. The summed E-state index contributed by atoms with van der Waals surface area (Å²) in [6.45, 7) is 12.0. The Morgan fingerprint density at radius 1 is 0.333 bits per heavy atom. The first-order chi connectivity index (χ1) is 16.4. The van der Waals surface area contributed by atoms with Crippen molar-refractivity contribution in [3.63, 3.8) is 0 Å². The molecule has 0 heterocycles. The average Bonchev–Trinajstić information content (AvgIpc) is 2.83. The number of unbranched alkanes of at least 4 members (excludes halogenated alkanes) is 2. The van der Waals surface area contributed by atoms with Gasteiger partial charge in [-0.2, -0.15) is 0 Å². The summed E-state index contributed by atoms with van der Waals surface area (Å²) >= 11 is 0. The lowest BCUT2D eigenvalue weighted by Gasteiger charge is -2.08. The topological polar surface area (TPSA) is 103 Å². The van der Waals surface area contributed by atoms with Crippen LogP contribution in [0.4, 0.5) is 0 Å². The van der Waals surface area contributed by atoms with Gasteiger partial charge in [-0.05, 0) is 6.42 Å². The van der Waals surface area contributed by atoms with Crippen LogP contribution in [0.15, 0.2) is 0 Å². The molecular weight excluding hydrogens is 436 g/mol. The predicted molar refractivity (Wildman–Crippen MR) is 124 cm³/mol. The first kappa shape index (κ1) is 32.6. The lowest BCUT2D eigenvalue weighted by molar-refractivity contribution is -0.0255. The normalized spacial score (nSPS) is 11.5. The van der Waals surface area contributed by atoms with E-state index >= 15 is 0 Å². The summed E-state index contributed by atoms with van der Waals surface area (Å²) in [5.41, 5.74) is 0. The van der Waals surface area contributed by atoms with Gasteiger partial charge in [0.2, 0.25) is 0 Å². The van der Waals surface area contributed by atoms with Crippen molar-refractivity contribution in [3.8, 4) is 0 Å². The zero-order valence-electron chi connectivity index (χ0n) is 20.7. The fraction of sp³-hybridized carbons (Fsp3) is 1.00. The lowest BCUT2D eigenvalue weighted by Crippen LogP contribution is -2.15. The number of ether oxygens (including phenoxy) is 9. The van der Waals surface area contributed by atoms with E-state index in [9.17, 15) is 0 Å². The molecule has 0 amide bonds. The van der Waals surface area contributed by atoms with E-state index in [2.05, 4.69) is 6.92 Å². The van der Waals surface area contributed by atoms with Gasteiger partial charge in [0.05, 0.1) is 119 Å². The monoisotopic (exact) mass is 484 g/mol. The third-order valence-corrected chi connectivity index (χ3v) is 4.10. The second-order valence-electron chi connectivity index (χ2n) is 6.94. The maximum atomic E-state index is 8.55. The fourth-order valence-corrected chi connectivity index (χ4v) is 2.38. The number of rotatable bonds is 30. The van der Waals surface area contributed by atoms with Crippen LogP contribution in [0.1, 0.15) is 26.2 Å². The molecule has 10 heteroatoms. The maximum absolute atomic E-state index is 8.55. The van der Waals surface area contributed by atoms with Gasteiger partial charge >= 0.3 is 0 Å². The second kappa shape index (κ2) is 31.6. The maximum Gasteiger partial charge on any atom is 0.0701 e. The van der Waals surface area contributed by atoms with E-state index in [-0.39, 0.29) is 6.61 Å². The van der Waals surface area contributed by atoms with Crippen LogP contribution in [-0.2, 0) is 42.6 Å². The second-order valence-corrected chi connectivity index (χ2v) is 6.94. The molecule has 0 rings (SSSR count). The summed E-state index contributed by atoms with van der Waals surface area (Å²) in [6.07, 6.45) is 3.55. The summed E-state index contributed by atoms with van der Waals surface area (Å²) in [4.78, 5) is 0. The average molecular weight is 485 g/mol. The molecule has 0 aliphatic heterocycles. The highest BCUT2D eigenvalue weighted by atomic mass is 16.6. The largest absolute Gasteiger partial charge is 0.394 e. The minimum Gasteiger partial charge on any atom is -0.394 e. The first-order valence-electron chi connectivity index (χ1n) is 12.2. The Labute approximate surface area is 200 Å². The Hall–Kier alpha value is -0.400. The van der Waals surface area contributed by atoms with E-state index in [1.807, 2.05) is 0 Å². The molecular formula is C23H48O10. The van der Waals surface area contributed by atoms with Crippen molar-refractivity contribution >= 4 is 0 Å². The van der Waals surface area contributed by atoms with Crippen molar-refractivity contribution in [3.05, 3.63) is 0 Å². The molecule has 0 spiro atoms. The van der Waals surface area contributed by atoms with Crippen molar-refractivity contribution in [1.29, 1.82) is 0 Å². The SMILES string of the molecule is CCCCCOCCOCCOCCOCCOCCOCCOCCOCCOCCO. The Morgan fingerprint density at radius 2 is 0.576 bits per heavy atom. The number of hydrogen-bond donors (Lipinski definition) is 1. The Kier molecular flexibility index (Phi) is 31.2. The molecule has 0 saturated heterocycles. The Bertz CT molecular complexity index is 306. The fourth-order valence-electron chi connectivity index (χ4n) is 2.38. The molecule has 0 aromatic heterocycles. The van der Waals surface area contributed by atoms with Crippen LogP contribution in [0.25, 0.3) is 0 Å². The smallest absolute Gasteiger partial charge is 0.0701 e.